The lowest BCUT2D eigenvalue weighted by Gasteiger charge is -2.33. The Kier molecular flexibility index (Phi) is 5.29. The predicted molar refractivity (Wildman–Crippen MR) is 76.4 cm³/mol. The Morgan fingerprint density at radius 2 is 2.00 bits per heavy atom. The normalized spacial score (nSPS) is 19.9. The van der Waals surface area contributed by atoms with Gasteiger partial charge in [0.25, 0.3) is 0 Å². The van der Waals surface area contributed by atoms with Gasteiger partial charge in [0, 0.05) is 19.1 Å². The number of nitrogens with one attached hydrogen (secondary N) is 1. The number of rotatable bonds is 5. The molecule has 0 amide bonds. The number of nitrogens with zero attached hydrogens (tertiary/aromatic N) is 1. The Hall–Kier alpha value is -1.05. The van der Waals surface area contributed by atoms with E-state index in [0.717, 1.165) is 31.2 Å². The first kappa shape index (κ1) is 16.3. The molecular weight excluding hydrogens is 298 g/mol. The topological polar surface area (TPSA) is 49.4 Å². The summed E-state index contributed by atoms with van der Waals surface area (Å²) in [6.45, 7) is 3.44. The Morgan fingerprint density at radius 3 is 2.52 bits per heavy atom. The fourth-order valence-corrected chi connectivity index (χ4v) is 4.50. The minimum Gasteiger partial charge on any atom is -0.315 e. The summed E-state index contributed by atoms with van der Waals surface area (Å²) in [4.78, 5) is -0.843. The van der Waals surface area contributed by atoms with Crippen molar-refractivity contribution in [3.63, 3.8) is 0 Å². The number of halogens is 2. The van der Waals surface area contributed by atoms with Crippen LogP contribution in [0.1, 0.15) is 26.2 Å². The van der Waals surface area contributed by atoms with E-state index in [2.05, 4.69) is 5.32 Å². The van der Waals surface area contributed by atoms with Crippen LogP contribution in [0.3, 0.4) is 0 Å². The summed E-state index contributed by atoms with van der Waals surface area (Å²) in [5.41, 5.74) is 0. The van der Waals surface area contributed by atoms with E-state index < -0.39 is 26.6 Å². The van der Waals surface area contributed by atoms with Gasteiger partial charge in [-0.05, 0) is 37.9 Å². The summed E-state index contributed by atoms with van der Waals surface area (Å²) in [5, 5.41) is 3.13. The second-order valence-corrected chi connectivity index (χ2v) is 6.99. The molecule has 0 aromatic heterocycles. The van der Waals surface area contributed by atoms with Crippen LogP contribution in [-0.4, -0.2) is 38.4 Å². The molecule has 2 rings (SSSR count). The van der Waals surface area contributed by atoms with E-state index in [4.69, 9.17) is 0 Å². The molecule has 1 aliphatic heterocycles. The molecule has 1 aliphatic rings. The molecule has 1 saturated heterocycles. The Bertz CT molecular complexity index is 566. The van der Waals surface area contributed by atoms with Crippen molar-refractivity contribution >= 4 is 10.0 Å². The first-order chi connectivity index (χ1) is 9.98. The van der Waals surface area contributed by atoms with Crippen molar-refractivity contribution in [2.24, 2.45) is 0 Å². The standard InChI is InChI=1S/C14H20F2N2O2S/c1-2-9-18(11-5-4-8-17-10-11)21(19,20)14-12(15)6-3-7-13(14)16/h3,6-7,11,17H,2,4-5,8-10H2,1H3. The lowest BCUT2D eigenvalue weighted by atomic mass is 10.1. The van der Waals surface area contributed by atoms with Crippen LogP contribution in [-0.2, 0) is 10.0 Å². The van der Waals surface area contributed by atoms with Crippen LogP contribution in [0.2, 0.25) is 0 Å². The van der Waals surface area contributed by atoms with Crippen LogP contribution in [0.25, 0.3) is 0 Å². The highest BCUT2D eigenvalue weighted by atomic mass is 32.2. The summed E-state index contributed by atoms with van der Waals surface area (Å²) < 4.78 is 54.3. The second kappa shape index (κ2) is 6.81. The highest BCUT2D eigenvalue weighted by Crippen LogP contribution is 2.26. The highest BCUT2D eigenvalue weighted by Gasteiger charge is 2.35. The van der Waals surface area contributed by atoms with E-state index in [1.807, 2.05) is 6.92 Å². The monoisotopic (exact) mass is 318 g/mol. The van der Waals surface area contributed by atoms with Gasteiger partial charge in [0.15, 0.2) is 4.90 Å². The fraction of sp³-hybridized carbons (Fsp3) is 0.571. The first-order valence-electron chi connectivity index (χ1n) is 7.15. The number of sulfonamides is 1. The molecule has 1 aromatic rings. The molecule has 1 N–H and O–H groups in total. The second-order valence-electron chi connectivity index (χ2n) is 5.17. The van der Waals surface area contributed by atoms with Crippen molar-refractivity contribution in [1.29, 1.82) is 0 Å². The van der Waals surface area contributed by atoms with Crippen molar-refractivity contribution in [3.8, 4) is 0 Å². The molecular formula is C14H20F2N2O2S. The van der Waals surface area contributed by atoms with Gasteiger partial charge >= 0.3 is 0 Å². The number of hydrogen-bond donors (Lipinski definition) is 1. The van der Waals surface area contributed by atoms with Crippen LogP contribution in [0.15, 0.2) is 23.1 Å². The summed E-state index contributed by atoms with van der Waals surface area (Å²) in [5.74, 6) is -2.08. The molecule has 0 spiro atoms. The molecule has 118 valence electrons. The molecule has 0 radical (unpaired) electrons. The minimum absolute atomic E-state index is 0.252. The zero-order chi connectivity index (χ0) is 15.5. The van der Waals surface area contributed by atoms with Crippen LogP contribution < -0.4 is 5.32 Å². The SMILES string of the molecule is CCCN(C1CCCNC1)S(=O)(=O)c1c(F)cccc1F. The molecule has 0 aliphatic carbocycles. The summed E-state index contributed by atoms with van der Waals surface area (Å²) in [6, 6.07) is 2.84. The molecule has 1 aromatic carbocycles. The first-order valence-corrected chi connectivity index (χ1v) is 8.59. The maximum atomic E-state index is 13.9. The third kappa shape index (κ3) is 3.41. The van der Waals surface area contributed by atoms with Crippen LogP contribution in [0.5, 0.6) is 0 Å². The van der Waals surface area contributed by atoms with Crippen LogP contribution >= 0.6 is 0 Å². The van der Waals surface area contributed by atoms with E-state index >= 15 is 0 Å². The zero-order valence-corrected chi connectivity index (χ0v) is 12.8. The van der Waals surface area contributed by atoms with Gasteiger partial charge in [-0.1, -0.05) is 13.0 Å². The van der Waals surface area contributed by atoms with E-state index in [1.165, 1.54) is 4.31 Å². The van der Waals surface area contributed by atoms with Gasteiger partial charge in [-0.2, -0.15) is 4.31 Å². The van der Waals surface area contributed by atoms with Gasteiger partial charge in [-0.15, -0.1) is 0 Å². The average molecular weight is 318 g/mol. The Balaban J connectivity index is 2.42. The van der Waals surface area contributed by atoms with Gasteiger partial charge in [-0.25, -0.2) is 17.2 Å². The number of benzene rings is 1. The lowest BCUT2D eigenvalue weighted by Crippen LogP contribution is -2.49. The van der Waals surface area contributed by atoms with Gasteiger partial charge in [0.1, 0.15) is 11.6 Å². The highest BCUT2D eigenvalue weighted by molar-refractivity contribution is 7.89. The molecule has 1 unspecified atom stereocenters. The fourth-order valence-electron chi connectivity index (χ4n) is 2.64. The Labute approximate surface area is 124 Å². The third-order valence-corrected chi connectivity index (χ3v) is 5.61. The molecule has 4 nitrogen and oxygen atoms in total. The Morgan fingerprint density at radius 1 is 1.33 bits per heavy atom. The molecule has 0 bridgehead atoms. The van der Waals surface area contributed by atoms with Crippen molar-refractivity contribution in [3.05, 3.63) is 29.8 Å². The molecule has 0 saturated carbocycles. The van der Waals surface area contributed by atoms with Crippen molar-refractivity contribution < 1.29 is 17.2 Å². The van der Waals surface area contributed by atoms with Crippen molar-refractivity contribution in [2.75, 3.05) is 19.6 Å². The largest absolute Gasteiger partial charge is 0.315 e. The van der Waals surface area contributed by atoms with Gasteiger partial charge in [0.05, 0.1) is 0 Å². The average Bonchev–Trinajstić information content (AvgIpc) is 2.45. The predicted octanol–water partition coefficient (Wildman–Crippen LogP) is 2.12. The molecule has 1 heterocycles. The van der Waals surface area contributed by atoms with Gasteiger partial charge < -0.3 is 5.32 Å². The zero-order valence-electron chi connectivity index (χ0n) is 12.0. The smallest absolute Gasteiger partial charge is 0.249 e. The van der Waals surface area contributed by atoms with Gasteiger partial charge in [-0.3, -0.25) is 0 Å². The quantitative estimate of drug-likeness (QED) is 0.905. The van der Waals surface area contributed by atoms with E-state index in [0.29, 0.717) is 19.4 Å². The van der Waals surface area contributed by atoms with E-state index in [9.17, 15) is 17.2 Å². The van der Waals surface area contributed by atoms with Gasteiger partial charge in [0.2, 0.25) is 10.0 Å². The number of hydrogen-bond acceptors (Lipinski definition) is 3. The van der Waals surface area contributed by atoms with Crippen LogP contribution in [0, 0.1) is 11.6 Å². The van der Waals surface area contributed by atoms with Crippen molar-refractivity contribution in [2.45, 2.75) is 37.1 Å². The summed E-state index contributed by atoms with van der Waals surface area (Å²) in [6.07, 6.45) is 2.13. The number of piperidine rings is 1. The van der Waals surface area contributed by atoms with E-state index in [-0.39, 0.29) is 12.6 Å². The minimum atomic E-state index is -4.18. The third-order valence-electron chi connectivity index (χ3n) is 3.61. The molecule has 1 atom stereocenters. The summed E-state index contributed by atoms with van der Waals surface area (Å²) in [7, 11) is -4.18. The summed E-state index contributed by atoms with van der Waals surface area (Å²) >= 11 is 0. The maximum absolute atomic E-state index is 13.9. The van der Waals surface area contributed by atoms with Crippen LogP contribution in [0.4, 0.5) is 8.78 Å². The molecule has 7 heteroatoms. The van der Waals surface area contributed by atoms with E-state index in [1.54, 1.807) is 0 Å². The molecule has 21 heavy (non-hydrogen) atoms. The maximum Gasteiger partial charge on any atom is 0.249 e. The lowest BCUT2D eigenvalue weighted by molar-refractivity contribution is 0.264. The molecule has 1 fully saturated rings. The van der Waals surface area contributed by atoms with Crippen molar-refractivity contribution in [1.82, 2.24) is 9.62 Å².